The summed E-state index contributed by atoms with van der Waals surface area (Å²) in [6.45, 7) is 2.66. The van der Waals surface area contributed by atoms with E-state index < -0.39 is 11.9 Å². The van der Waals surface area contributed by atoms with Gasteiger partial charge in [0.1, 0.15) is 0 Å². The predicted molar refractivity (Wildman–Crippen MR) is 65.0 cm³/mol. The Morgan fingerprint density at radius 3 is 2.61 bits per heavy atom. The van der Waals surface area contributed by atoms with Gasteiger partial charge >= 0.3 is 5.97 Å². The molecular weight excluding hydrogens is 234 g/mol. The standard InChI is InChI=1S/C13H21NO4/c1-8-7-9(5-6-18-8)14-12(15)10-3-2-4-11(10)13(16)17/h8-11H,2-7H2,1H3,(H,14,15)(H,16,17). The number of amides is 1. The molecule has 0 radical (unpaired) electrons. The molecule has 102 valence electrons. The molecule has 0 aromatic rings. The molecule has 5 heteroatoms. The summed E-state index contributed by atoms with van der Waals surface area (Å²) in [5.41, 5.74) is 0. The van der Waals surface area contributed by atoms with Gasteiger partial charge in [-0.15, -0.1) is 0 Å². The molecule has 1 aliphatic heterocycles. The van der Waals surface area contributed by atoms with Gasteiger partial charge in [0.05, 0.1) is 17.9 Å². The summed E-state index contributed by atoms with van der Waals surface area (Å²) in [6.07, 6.45) is 3.96. The number of carboxylic acid groups (broad SMARTS) is 1. The smallest absolute Gasteiger partial charge is 0.307 e. The quantitative estimate of drug-likeness (QED) is 0.793. The zero-order valence-corrected chi connectivity index (χ0v) is 10.7. The number of hydrogen-bond acceptors (Lipinski definition) is 3. The minimum Gasteiger partial charge on any atom is -0.481 e. The first-order chi connectivity index (χ1) is 8.58. The summed E-state index contributed by atoms with van der Waals surface area (Å²) >= 11 is 0. The number of rotatable bonds is 3. The van der Waals surface area contributed by atoms with Crippen LogP contribution >= 0.6 is 0 Å². The van der Waals surface area contributed by atoms with E-state index >= 15 is 0 Å². The summed E-state index contributed by atoms with van der Waals surface area (Å²) in [4.78, 5) is 23.2. The zero-order chi connectivity index (χ0) is 13.1. The normalized spacial score (nSPS) is 36.3. The molecule has 2 fully saturated rings. The van der Waals surface area contributed by atoms with Gasteiger partial charge in [-0.25, -0.2) is 0 Å². The summed E-state index contributed by atoms with van der Waals surface area (Å²) in [7, 11) is 0. The van der Waals surface area contributed by atoms with E-state index in [-0.39, 0.29) is 24.0 Å². The maximum atomic E-state index is 12.1. The van der Waals surface area contributed by atoms with Gasteiger partial charge in [0.25, 0.3) is 0 Å². The molecule has 4 atom stereocenters. The van der Waals surface area contributed by atoms with Crippen molar-refractivity contribution >= 4 is 11.9 Å². The molecule has 1 amide bonds. The van der Waals surface area contributed by atoms with Crippen LogP contribution in [-0.4, -0.2) is 35.7 Å². The lowest BCUT2D eigenvalue weighted by molar-refractivity contribution is -0.146. The molecule has 0 aromatic carbocycles. The fourth-order valence-electron chi connectivity index (χ4n) is 3.01. The van der Waals surface area contributed by atoms with Gasteiger partial charge in [-0.2, -0.15) is 0 Å². The van der Waals surface area contributed by atoms with Gasteiger partial charge in [0.2, 0.25) is 5.91 Å². The fraction of sp³-hybridized carbons (Fsp3) is 0.846. The molecule has 1 saturated heterocycles. The summed E-state index contributed by atoms with van der Waals surface area (Å²) in [5.74, 6) is -1.77. The van der Waals surface area contributed by atoms with Crippen molar-refractivity contribution in [3.8, 4) is 0 Å². The van der Waals surface area contributed by atoms with Crippen LogP contribution in [0.15, 0.2) is 0 Å². The predicted octanol–water partition coefficient (Wildman–Crippen LogP) is 1.17. The van der Waals surface area contributed by atoms with Crippen molar-refractivity contribution in [2.75, 3.05) is 6.61 Å². The number of nitrogens with one attached hydrogen (secondary N) is 1. The lowest BCUT2D eigenvalue weighted by Gasteiger charge is -2.29. The number of ether oxygens (including phenoxy) is 1. The Balaban J connectivity index is 1.89. The Hall–Kier alpha value is -1.10. The van der Waals surface area contributed by atoms with Gasteiger partial charge in [-0.1, -0.05) is 6.42 Å². The molecule has 0 spiro atoms. The molecule has 2 aliphatic rings. The summed E-state index contributed by atoms with van der Waals surface area (Å²) in [6, 6.07) is 0.135. The Morgan fingerprint density at radius 2 is 1.94 bits per heavy atom. The molecule has 1 aliphatic carbocycles. The van der Waals surface area contributed by atoms with E-state index in [9.17, 15) is 9.59 Å². The molecule has 1 heterocycles. The molecule has 0 aromatic heterocycles. The highest BCUT2D eigenvalue weighted by Gasteiger charge is 2.38. The van der Waals surface area contributed by atoms with Crippen molar-refractivity contribution in [3.63, 3.8) is 0 Å². The van der Waals surface area contributed by atoms with Crippen LogP contribution in [0.1, 0.15) is 39.0 Å². The first kappa shape index (κ1) is 13.3. The van der Waals surface area contributed by atoms with Gasteiger partial charge < -0.3 is 15.2 Å². The molecular formula is C13H21NO4. The first-order valence-electron chi connectivity index (χ1n) is 6.72. The fourth-order valence-corrected chi connectivity index (χ4v) is 3.01. The van der Waals surface area contributed by atoms with Crippen LogP contribution < -0.4 is 5.32 Å². The monoisotopic (exact) mass is 255 g/mol. The minimum atomic E-state index is -0.840. The van der Waals surface area contributed by atoms with Crippen molar-refractivity contribution in [1.29, 1.82) is 0 Å². The van der Waals surface area contributed by atoms with E-state index in [1.165, 1.54) is 0 Å². The largest absolute Gasteiger partial charge is 0.481 e. The first-order valence-corrected chi connectivity index (χ1v) is 6.72. The van der Waals surface area contributed by atoms with E-state index in [2.05, 4.69) is 5.32 Å². The van der Waals surface area contributed by atoms with E-state index in [0.717, 1.165) is 19.3 Å². The average Bonchev–Trinajstić information content (AvgIpc) is 2.77. The highest BCUT2D eigenvalue weighted by atomic mass is 16.5. The number of carbonyl (C=O) groups excluding carboxylic acids is 1. The lowest BCUT2D eigenvalue weighted by Crippen LogP contribution is -2.45. The number of hydrogen-bond donors (Lipinski definition) is 2. The van der Waals surface area contributed by atoms with E-state index in [1.807, 2.05) is 6.92 Å². The number of carboxylic acids is 1. The lowest BCUT2D eigenvalue weighted by atomic mass is 9.94. The SMILES string of the molecule is CC1CC(NC(=O)C2CCCC2C(=O)O)CCO1. The van der Waals surface area contributed by atoms with Crippen molar-refractivity contribution in [2.45, 2.75) is 51.2 Å². The molecule has 18 heavy (non-hydrogen) atoms. The van der Waals surface area contributed by atoms with Crippen LogP contribution in [0.5, 0.6) is 0 Å². The van der Waals surface area contributed by atoms with Gasteiger partial charge in [0.15, 0.2) is 0 Å². The van der Waals surface area contributed by atoms with Crippen molar-refractivity contribution in [1.82, 2.24) is 5.32 Å². The molecule has 2 rings (SSSR count). The molecule has 1 saturated carbocycles. The van der Waals surface area contributed by atoms with E-state index in [4.69, 9.17) is 9.84 Å². The average molecular weight is 255 g/mol. The summed E-state index contributed by atoms with van der Waals surface area (Å²) < 4.78 is 5.43. The van der Waals surface area contributed by atoms with E-state index in [1.54, 1.807) is 0 Å². The summed E-state index contributed by atoms with van der Waals surface area (Å²) in [5, 5.41) is 12.1. The molecule has 4 unspecified atom stereocenters. The number of aliphatic carboxylic acids is 1. The van der Waals surface area contributed by atoms with Crippen LogP contribution in [0.3, 0.4) is 0 Å². The highest BCUT2D eigenvalue weighted by molar-refractivity contribution is 5.85. The van der Waals surface area contributed by atoms with Gasteiger partial charge in [-0.3, -0.25) is 9.59 Å². The second-order valence-corrected chi connectivity index (χ2v) is 5.39. The van der Waals surface area contributed by atoms with Crippen LogP contribution in [0.25, 0.3) is 0 Å². The Kier molecular flexibility index (Phi) is 4.22. The molecule has 2 N–H and O–H groups in total. The van der Waals surface area contributed by atoms with Crippen molar-refractivity contribution < 1.29 is 19.4 Å². The Morgan fingerprint density at radius 1 is 1.22 bits per heavy atom. The number of carbonyl (C=O) groups is 2. The van der Waals surface area contributed by atoms with Crippen molar-refractivity contribution in [2.24, 2.45) is 11.8 Å². The third kappa shape index (κ3) is 3.02. The van der Waals surface area contributed by atoms with Crippen LogP contribution in [0.4, 0.5) is 0 Å². The second-order valence-electron chi connectivity index (χ2n) is 5.39. The molecule has 0 bridgehead atoms. The van der Waals surface area contributed by atoms with Gasteiger partial charge in [0, 0.05) is 12.6 Å². The zero-order valence-electron chi connectivity index (χ0n) is 10.7. The Labute approximate surface area is 107 Å². The van der Waals surface area contributed by atoms with E-state index in [0.29, 0.717) is 19.4 Å². The van der Waals surface area contributed by atoms with Crippen LogP contribution in [0.2, 0.25) is 0 Å². The van der Waals surface area contributed by atoms with Gasteiger partial charge in [-0.05, 0) is 32.6 Å². The topological polar surface area (TPSA) is 75.6 Å². The molecule has 5 nitrogen and oxygen atoms in total. The maximum absolute atomic E-state index is 12.1. The van der Waals surface area contributed by atoms with Crippen LogP contribution in [0, 0.1) is 11.8 Å². The van der Waals surface area contributed by atoms with Crippen LogP contribution in [-0.2, 0) is 14.3 Å². The highest BCUT2D eigenvalue weighted by Crippen LogP contribution is 2.32. The maximum Gasteiger partial charge on any atom is 0.307 e. The third-order valence-corrected chi connectivity index (χ3v) is 4.00. The third-order valence-electron chi connectivity index (χ3n) is 4.00. The second kappa shape index (κ2) is 5.69. The Bertz CT molecular complexity index is 331. The minimum absolute atomic E-state index is 0.0843. The van der Waals surface area contributed by atoms with Crippen molar-refractivity contribution in [3.05, 3.63) is 0 Å².